The second-order valence-corrected chi connectivity index (χ2v) is 11.3. The second kappa shape index (κ2) is 13.5. The van der Waals surface area contributed by atoms with Crippen molar-refractivity contribution >= 4 is 24.0 Å². The van der Waals surface area contributed by atoms with Crippen molar-refractivity contribution in [2.24, 2.45) is 0 Å². The van der Waals surface area contributed by atoms with Crippen LogP contribution in [-0.2, 0) is 22.4 Å². The Labute approximate surface area is 243 Å². The number of aldehydes is 1. The topological polar surface area (TPSA) is 76.2 Å². The van der Waals surface area contributed by atoms with Crippen molar-refractivity contribution in [1.29, 1.82) is 0 Å². The summed E-state index contributed by atoms with van der Waals surface area (Å²) in [5.74, 6) is 0.782. The molecule has 1 aliphatic rings. The Bertz CT molecular complexity index is 1360. The Kier molecular flexibility index (Phi) is 9.82. The van der Waals surface area contributed by atoms with Gasteiger partial charge in [-0.25, -0.2) is 4.79 Å². The van der Waals surface area contributed by atoms with E-state index in [1.165, 1.54) is 0 Å². The van der Waals surface area contributed by atoms with Crippen molar-refractivity contribution in [2.75, 3.05) is 31.6 Å². The third kappa shape index (κ3) is 7.75. The normalized spacial score (nSPS) is 12.5. The Balaban J connectivity index is 1.52. The van der Waals surface area contributed by atoms with Crippen LogP contribution in [0.5, 0.6) is 5.75 Å². The van der Waals surface area contributed by atoms with Gasteiger partial charge in [0.1, 0.15) is 17.6 Å². The molecule has 0 saturated heterocycles. The van der Waals surface area contributed by atoms with Crippen LogP contribution in [0.3, 0.4) is 0 Å². The molecule has 0 atom stereocenters. The third-order valence-corrected chi connectivity index (χ3v) is 7.16. The van der Waals surface area contributed by atoms with Crippen LogP contribution in [0.15, 0.2) is 66.7 Å². The predicted molar refractivity (Wildman–Crippen MR) is 162 cm³/mol. The fourth-order valence-electron chi connectivity index (χ4n) is 5.09. The lowest BCUT2D eigenvalue weighted by Gasteiger charge is -2.27. The van der Waals surface area contributed by atoms with E-state index in [1.807, 2.05) is 74.2 Å². The first-order chi connectivity index (χ1) is 19.7. The van der Waals surface area contributed by atoms with Gasteiger partial charge in [-0.15, -0.1) is 0 Å². The highest BCUT2D eigenvalue weighted by Gasteiger charge is 2.26. The zero-order valence-electron chi connectivity index (χ0n) is 24.5. The van der Waals surface area contributed by atoms with Crippen LogP contribution in [0.2, 0.25) is 0 Å². The molecule has 3 aromatic carbocycles. The maximum absolute atomic E-state index is 13.1. The number of ether oxygens (including phenoxy) is 2. The molecule has 0 radical (unpaired) electrons. The van der Waals surface area contributed by atoms with Crippen molar-refractivity contribution in [2.45, 2.75) is 58.5 Å². The van der Waals surface area contributed by atoms with E-state index in [-0.39, 0.29) is 12.0 Å². The molecule has 4 rings (SSSR count). The van der Waals surface area contributed by atoms with Gasteiger partial charge in [0.15, 0.2) is 0 Å². The monoisotopic (exact) mass is 556 g/mol. The first kappa shape index (κ1) is 29.8. The molecule has 1 aliphatic heterocycles. The lowest BCUT2D eigenvalue weighted by Crippen LogP contribution is -2.38. The summed E-state index contributed by atoms with van der Waals surface area (Å²) in [6, 6.07) is 21.8. The van der Waals surface area contributed by atoms with Gasteiger partial charge < -0.3 is 24.1 Å². The molecule has 0 aromatic heterocycles. The number of anilines is 1. The van der Waals surface area contributed by atoms with Gasteiger partial charge >= 0.3 is 6.09 Å². The summed E-state index contributed by atoms with van der Waals surface area (Å²) in [5, 5.41) is 0. The number of unbranched alkanes of at least 4 members (excludes halogenated alkanes) is 2. The number of hydrogen-bond donors (Lipinski definition) is 0. The maximum Gasteiger partial charge on any atom is 0.410 e. The molecule has 7 nitrogen and oxygen atoms in total. The van der Waals surface area contributed by atoms with Gasteiger partial charge in [-0.2, -0.15) is 0 Å². The molecular weight excluding hydrogens is 516 g/mol. The second-order valence-electron chi connectivity index (χ2n) is 11.3. The van der Waals surface area contributed by atoms with Gasteiger partial charge in [0, 0.05) is 37.3 Å². The smallest absolute Gasteiger partial charge is 0.410 e. The van der Waals surface area contributed by atoms with Gasteiger partial charge in [0.05, 0.1) is 7.11 Å². The third-order valence-electron chi connectivity index (χ3n) is 7.16. The molecule has 41 heavy (non-hydrogen) atoms. The van der Waals surface area contributed by atoms with E-state index in [0.29, 0.717) is 38.0 Å². The van der Waals surface area contributed by atoms with Crippen LogP contribution in [0.25, 0.3) is 11.1 Å². The molecule has 0 spiro atoms. The van der Waals surface area contributed by atoms with Crippen molar-refractivity contribution in [3.05, 3.63) is 83.4 Å². The van der Waals surface area contributed by atoms with Crippen LogP contribution in [0, 0.1) is 0 Å². The van der Waals surface area contributed by atoms with Crippen LogP contribution < -0.4 is 9.64 Å². The summed E-state index contributed by atoms with van der Waals surface area (Å²) in [4.78, 5) is 40.3. The van der Waals surface area contributed by atoms with E-state index in [1.54, 1.807) is 12.0 Å². The van der Waals surface area contributed by atoms with E-state index in [0.717, 1.165) is 59.2 Å². The molecule has 0 aliphatic carbocycles. The summed E-state index contributed by atoms with van der Waals surface area (Å²) in [5.41, 5.74) is 5.31. The largest absolute Gasteiger partial charge is 0.496 e. The molecular formula is C34H40N2O5. The van der Waals surface area contributed by atoms with E-state index in [9.17, 15) is 14.4 Å². The number of benzene rings is 3. The minimum absolute atomic E-state index is 0.0181. The predicted octanol–water partition coefficient (Wildman–Crippen LogP) is 6.71. The van der Waals surface area contributed by atoms with Gasteiger partial charge in [-0.1, -0.05) is 30.3 Å². The molecule has 2 amide bonds. The average molecular weight is 557 g/mol. The zero-order chi connectivity index (χ0) is 29.4. The molecule has 0 unspecified atom stereocenters. The maximum atomic E-state index is 13.1. The Hall–Kier alpha value is -4.13. The first-order valence-electron chi connectivity index (χ1n) is 14.3. The van der Waals surface area contributed by atoms with Crippen molar-refractivity contribution in [3.8, 4) is 16.9 Å². The minimum atomic E-state index is -0.593. The molecule has 0 bridgehead atoms. The van der Waals surface area contributed by atoms with Gasteiger partial charge in [0.25, 0.3) is 5.91 Å². The summed E-state index contributed by atoms with van der Waals surface area (Å²) >= 11 is 0. The number of nitrogens with zero attached hydrogens (tertiary/aromatic N) is 2. The van der Waals surface area contributed by atoms with Crippen molar-refractivity contribution < 1.29 is 23.9 Å². The van der Waals surface area contributed by atoms with Crippen LogP contribution in [0.1, 0.15) is 61.5 Å². The van der Waals surface area contributed by atoms with Crippen molar-refractivity contribution in [3.63, 3.8) is 0 Å². The van der Waals surface area contributed by atoms with Gasteiger partial charge in [-0.05, 0) is 105 Å². The molecule has 7 heteroatoms. The lowest BCUT2D eigenvalue weighted by atomic mass is 9.98. The van der Waals surface area contributed by atoms with E-state index < -0.39 is 5.60 Å². The van der Waals surface area contributed by atoms with E-state index >= 15 is 0 Å². The standard InChI is InChI=1S/C34H40N2O5/c1-34(2,3)41-33(39)35(19-9-6-10-22-37)20-17-29-24-27(14-16-31(29)40-4)26-13-15-30-28(23-26)18-21-36(30)32(38)25-11-7-5-8-12-25/h5,7-8,11-16,22-24H,6,9-10,17-21H2,1-4H3. The highest BCUT2D eigenvalue weighted by atomic mass is 16.6. The molecule has 3 aromatic rings. The quantitative estimate of drug-likeness (QED) is 0.194. The average Bonchev–Trinajstić information content (AvgIpc) is 3.39. The summed E-state index contributed by atoms with van der Waals surface area (Å²) in [7, 11) is 1.65. The first-order valence-corrected chi connectivity index (χ1v) is 14.3. The highest BCUT2D eigenvalue weighted by Crippen LogP contribution is 2.35. The van der Waals surface area contributed by atoms with Crippen LogP contribution >= 0.6 is 0 Å². The number of carbonyl (C=O) groups is 3. The minimum Gasteiger partial charge on any atom is -0.496 e. The summed E-state index contributed by atoms with van der Waals surface area (Å²) in [6.45, 7) is 7.22. The van der Waals surface area contributed by atoms with E-state index in [2.05, 4.69) is 18.2 Å². The van der Waals surface area contributed by atoms with Gasteiger partial charge in [-0.3, -0.25) is 4.79 Å². The fourth-order valence-corrected chi connectivity index (χ4v) is 5.09. The molecule has 0 fully saturated rings. The molecule has 216 valence electrons. The van der Waals surface area contributed by atoms with Crippen molar-refractivity contribution in [1.82, 2.24) is 4.90 Å². The highest BCUT2D eigenvalue weighted by molar-refractivity contribution is 6.07. The number of carbonyl (C=O) groups excluding carboxylic acids is 3. The molecule has 0 saturated carbocycles. The lowest BCUT2D eigenvalue weighted by molar-refractivity contribution is -0.107. The summed E-state index contributed by atoms with van der Waals surface area (Å²) in [6.07, 6.45) is 3.89. The Morgan fingerprint density at radius 3 is 2.39 bits per heavy atom. The van der Waals surface area contributed by atoms with Crippen LogP contribution in [-0.4, -0.2) is 55.5 Å². The number of methoxy groups -OCH3 is 1. The molecule has 1 heterocycles. The summed E-state index contributed by atoms with van der Waals surface area (Å²) < 4.78 is 11.3. The number of hydrogen-bond acceptors (Lipinski definition) is 5. The fraction of sp³-hybridized carbons (Fsp3) is 0.382. The Morgan fingerprint density at radius 1 is 0.951 bits per heavy atom. The van der Waals surface area contributed by atoms with Gasteiger partial charge in [0.2, 0.25) is 0 Å². The Morgan fingerprint density at radius 2 is 1.68 bits per heavy atom. The zero-order valence-corrected chi connectivity index (χ0v) is 24.5. The van der Waals surface area contributed by atoms with E-state index in [4.69, 9.17) is 9.47 Å². The number of fused-ring (bicyclic) bond motifs is 1. The number of rotatable bonds is 11. The number of amides is 2. The van der Waals surface area contributed by atoms with Crippen LogP contribution in [0.4, 0.5) is 10.5 Å². The SMILES string of the molecule is COc1ccc(-c2ccc3c(c2)CCN3C(=O)c2ccccc2)cc1CCN(CCCCC=O)C(=O)OC(C)(C)C. The molecule has 0 N–H and O–H groups in total.